The monoisotopic (exact) mass is 357 g/mol. The molecule has 4 nitrogen and oxygen atoms in total. The van der Waals surface area contributed by atoms with E-state index in [2.05, 4.69) is 52.4 Å². The number of benzene rings is 2. The number of rotatable bonds is 3. The predicted molar refractivity (Wildman–Crippen MR) is 108 cm³/mol. The van der Waals surface area contributed by atoms with Crippen molar-refractivity contribution < 1.29 is 4.42 Å². The standard InChI is InChI=1S/C23H23N3O/c1-16-8-10-26(11-9-16)15-17-6-7-21-19(12-17)20(14-24-25-21)23-13-18-4-2-3-5-22(18)27-23/h2-7,12-14,16H,8-11,15H2,1H3. The fraction of sp³-hybridized carbons (Fsp3) is 0.304. The minimum atomic E-state index is 0.847. The van der Waals surface area contributed by atoms with Crippen LogP contribution >= 0.6 is 0 Å². The van der Waals surface area contributed by atoms with Gasteiger partial charge in [-0.05, 0) is 61.7 Å². The molecule has 5 rings (SSSR count). The second-order valence-electron chi connectivity index (χ2n) is 7.72. The van der Waals surface area contributed by atoms with Crippen molar-refractivity contribution in [2.45, 2.75) is 26.3 Å². The zero-order chi connectivity index (χ0) is 18.2. The van der Waals surface area contributed by atoms with Gasteiger partial charge in [-0.1, -0.05) is 31.2 Å². The van der Waals surface area contributed by atoms with Crippen LogP contribution in [0.2, 0.25) is 0 Å². The highest BCUT2D eigenvalue weighted by Gasteiger charge is 2.17. The quantitative estimate of drug-likeness (QED) is 0.500. The smallest absolute Gasteiger partial charge is 0.137 e. The Hall–Kier alpha value is -2.72. The number of fused-ring (bicyclic) bond motifs is 2. The Morgan fingerprint density at radius 2 is 1.93 bits per heavy atom. The Labute approximate surface area is 158 Å². The van der Waals surface area contributed by atoms with E-state index in [1.807, 2.05) is 24.4 Å². The fourth-order valence-corrected chi connectivity index (χ4v) is 3.99. The molecule has 2 aromatic carbocycles. The van der Waals surface area contributed by atoms with E-state index in [1.165, 1.54) is 31.5 Å². The molecule has 0 radical (unpaired) electrons. The third kappa shape index (κ3) is 3.21. The normalized spacial score (nSPS) is 16.3. The summed E-state index contributed by atoms with van der Waals surface area (Å²) in [7, 11) is 0. The van der Waals surface area contributed by atoms with Crippen LogP contribution in [-0.2, 0) is 6.54 Å². The molecule has 0 atom stereocenters. The highest BCUT2D eigenvalue weighted by atomic mass is 16.3. The molecule has 0 N–H and O–H groups in total. The molecule has 0 spiro atoms. The molecule has 1 fully saturated rings. The summed E-state index contributed by atoms with van der Waals surface area (Å²) in [5.74, 6) is 1.70. The number of likely N-dealkylation sites (tertiary alicyclic amines) is 1. The first-order valence-corrected chi connectivity index (χ1v) is 9.72. The van der Waals surface area contributed by atoms with Crippen LogP contribution in [0.3, 0.4) is 0 Å². The molecule has 0 bridgehead atoms. The third-order valence-electron chi connectivity index (χ3n) is 5.68. The maximum atomic E-state index is 6.09. The number of hydrogen-bond acceptors (Lipinski definition) is 4. The molecule has 0 saturated carbocycles. The lowest BCUT2D eigenvalue weighted by Crippen LogP contribution is -2.32. The predicted octanol–water partition coefficient (Wildman–Crippen LogP) is 5.27. The van der Waals surface area contributed by atoms with Gasteiger partial charge in [-0.3, -0.25) is 4.90 Å². The van der Waals surface area contributed by atoms with Gasteiger partial charge in [-0.2, -0.15) is 10.2 Å². The van der Waals surface area contributed by atoms with Crippen LogP contribution in [0.15, 0.2) is 59.1 Å². The summed E-state index contributed by atoms with van der Waals surface area (Å²) in [5.41, 5.74) is 4.13. The van der Waals surface area contributed by atoms with Gasteiger partial charge in [0, 0.05) is 22.9 Å². The largest absolute Gasteiger partial charge is 0.456 e. The lowest BCUT2D eigenvalue weighted by Gasteiger charge is -2.30. The molecule has 2 aromatic heterocycles. The van der Waals surface area contributed by atoms with Crippen molar-refractivity contribution in [1.29, 1.82) is 0 Å². The van der Waals surface area contributed by atoms with Crippen LogP contribution < -0.4 is 0 Å². The van der Waals surface area contributed by atoms with Crippen molar-refractivity contribution in [1.82, 2.24) is 15.1 Å². The van der Waals surface area contributed by atoms with E-state index in [-0.39, 0.29) is 0 Å². The lowest BCUT2D eigenvalue weighted by molar-refractivity contribution is 0.185. The van der Waals surface area contributed by atoms with Gasteiger partial charge in [0.05, 0.1) is 11.7 Å². The fourth-order valence-electron chi connectivity index (χ4n) is 3.99. The van der Waals surface area contributed by atoms with Crippen molar-refractivity contribution in [3.05, 3.63) is 60.3 Å². The minimum absolute atomic E-state index is 0.847. The van der Waals surface area contributed by atoms with E-state index >= 15 is 0 Å². The number of piperidine rings is 1. The highest BCUT2D eigenvalue weighted by Crippen LogP contribution is 2.32. The Bertz CT molecular complexity index is 1060. The van der Waals surface area contributed by atoms with Crippen LogP contribution in [-0.4, -0.2) is 28.2 Å². The van der Waals surface area contributed by atoms with E-state index in [9.17, 15) is 0 Å². The molecule has 136 valence electrons. The van der Waals surface area contributed by atoms with Gasteiger partial charge in [-0.25, -0.2) is 0 Å². The minimum Gasteiger partial charge on any atom is -0.456 e. The summed E-state index contributed by atoms with van der Waals surface area (Å²) in [4.78, 5) is 2.55. The van der Waals surface area contributed by atoms with E-state index in [0.29, 0.717) is 0 Å². The number of aromatic nitrogens is 2. The van der Waals surface area contributed by atoms with E-state index < -0.39 is 0 Å². The molecule has 3 heterocycles. The number of hydrogen-bond donors (Lipinski definition) is 0. The van der Waals surface area contributed by atoms with Gasteiger partial charge in [-0.15, -0.1) is 0 Å². The van der Waals surface area contributed by atoms with Crippen molar-refractivity contribution in [3.8, 4) is 11.3 Å². The molecule has 1 aliphatic heterocycles. The van der Waals surface area contributed by atoms with Gasteiger partial charge >= 0.3 is 0 Å². The number of para-hydroxylation sites is 1. The Morgan fingerprint density at radius 1 is 1.07 bits per heavy atom. The summed E-state index contributed by atoms with van der Waals surface area (Å²) in [6.07, 6.45) is 4.40. The summed E-state index contributed by atoms with van der Waals surface area (Å²) >= 11 is 0. The maximum absolute atomic E-state index is 6.09. The van der Waals surface area contributed by atoms with Crippen LogP contribution in [0.4, 0.5) is 0 Å². The van der Waals surface area contributed by atoms with Gasteiger partial charge < -0.3 is 4.42 Å². The number of nitrogens with zero attached hydrogens (tertiary/aromatic N) is 3. The van der Waals surface area contributed by atoms with Gasteiger partial charge in [0.25, 0.3) is 0 Å². The molecule has 1 saturated heterocycles. The van der Waals surface area contributed by atoms with Crippen molar-refractivity contribution in [2.75, 3.05) is 13.1 Å². The molecule has 4 heteroatoms. The lowest BCUT2D eigenvalue weighted by atomic mass is 9.98. The summed E-state index contributed by atoms with van der Waals surface area (Å²) in [6, 6.07) is 16.7. The van der Waals surface area contributed by atoms with Crippen LogP contribution in [0.25, 0.3) is 33.2 Å². The third-order valence-corrected chi connectivity index (χ3v) is 5.68. The van der Waals surface area contributed by atoms with Crippen molar-refractivity contribution in [3.63, 3.8) is 0 Å². The molecule has 4 aromatic rings. The molecule has 0 unspecified atom stereocenters. The Balaban J connectivity index is 1.52. The van der Waals surface area contributed by atoms with E-state index in [0.717, 1.165) is 45.7 Å². The molecular weight excluding hydrogens is 334 g/mol. The molecule has 27 heavy (non-hydrogen) atoms. The Kier molecular flexibility index (Phi) is 4.13. The summed E-state index contributed by atoms with van der Waals surface area (Å²) in [6.45, 7) is 5.71. The van der Waals surface area contributed by atoms with Gasteiger partial charge in [0.15, 0.2) is 0 Å². The first kappa shape index (κ1) is 16.5. The first-order chi connectivity index (χ1) is 13.3. The van der Waals surface area contributed by atoms with Crippen LogP contribution in [0, 0.1) is 5.92 Å². The summed E-state index contributed by atoms with van der Waals surface area (Å²) < 4.78 is 6.09. The average Bonchev–Trinajstić information content (AvgIpc) is 3.13. The van der Waals surface area contributed by atoms with E-state index in [4.69, 9.17) is 4.42 Å². The van der Waals surface area contributed by atoms with Gasteiger partial charge in [0.1, 0.15) is 11.3 Å². The SMILES string of the molecule is CC1CCN(Cc2ccc3nncc(-c4cc5ccccc5o4)c3c2)CC1. The summed E-state index contributed by atoms with van der Waals surface area (Å²) in [5, 5.41) is 10.7. The molecule has 0 aliphatic carbocycles. The maximum Gasteiger partial charge on any atom is 0.137 e. The number of furan rings is 1. The molecular formula is C23H23N3O. The first-order valence-electron chi connectivity index (χ1n) is 9.72. The van der Waals surface area contributed by atoms with E-state index in [1.54, 1.807) is 0 Å². The van der Waals surface area contributed by atoms with Gasteiger partial charge in [0.2, 0.25) is 0 Å². The topological polar surface area (TPSA) is 42.2 Å². The van der Waals surface area contributed by atoms with Crippen molar-refractivity contribution in [2.24, 2.45) is 5.92 Å². The highest BCUT2D eigenvalue weighted by molar-refractivity contribution is 5.95. The average molecular weight is 357 g/mol. The molecule has 1 aliphatic rings. The second-order valence-corrected chi connectivity index (χ2v) is 7.72. The van der Waals surface area contributed by atoms with Crippen molar-refractivity contribution >= 4 is 21.9 Å². The Morgan fingerprint density at radius 3 is 2.78 bits per heavy atom. The second kappa shape index (κ2) is 6.78. The zero-order valence-corrected chi connectivity index (χ0v) is 15.6. The zero-order valence-electron chi connectivity index (χ0n) is 15.6. The van der Waals surface area contributed by atoms with Crippen LogP contribution in [0.1, 0.15) is 25.3 Å². The van der Waals surface area contributed by atoms with Crippen LogP contribution in [0.5, 0.6) is 0 Å². The molecule has 0 amide bonds.